The second-order valence-electron chi connectivity index (χ2n) is 8.22. The normalized spacial score (nSPS) is 14.6. The number of urea groups is 1. The number of piperazine rings is 1. The van der Waals surface area contributed by atoms with E-state index in [0.29, 0.717) is 25.5 Å². The molecule has 0 atom stereocenters. The lowest BCUT2D eigenvalue weighted by atomic mass is 10.1. The molecule has 0 aliphatic carbocycles. The molecule has 2 heterocycles. The summed E-state index contributed by atoms with van der Waals surface area (Å²) in [5, 5.41) is 2.99. The van der Waals surface area contributed by atoms with Gasteiger partial charge in [-0.05, 0) is 47.9 Å². The molecule has 1 aliphatic heterocycles. The van der Waals surface area contributed by atoms with Crippen LogP contribution >= 0.6 is 0 Å². The summed E-state index contributed by atoms with van der Waals surface area (Å²) in [7, 11) is 0. The van der Waals surface area contributed by atoms with Crippen LogP contribution in [0.2, 0.25) is 0 Å². The number of hydrogen-bond donors (Lipinski definition) is 1. The molecule has 0 bridgehead atoms. The molecule has 0 unspecified atom stereocenters. The zero-order valence-corrected chi connectivity index (χ0v) is 18.1. The van der Waals surface area contributed by atoms with Gasteiger partial charge in [0.1, 0.15) is 5.52 Å². The molecule has 6 nitrogen and oxygen atoms in total. The highest BCUT2D eigenvalue weighted by Crippen LogP contribution is 2.25. The zero-order valence-electron chi connectivity index (χ0n) is 18.1. The van der Waals surface area contributed by atoms with Gasteiger partial charge in [0.2, 0.25) is 5.89 Å². The summed E-state index contributed by atoms with van der Waals surface area (Å²) in [6.45, 7) is 5.59. The SMILES string of the molecule is Cc1cccc(NC(=O)N2CCN(Cc3nc4cc(-c5ccccc5)ccc4o3)CC2)c1. The first-order valence-corrected chi connectivity index (χ1v) is 10.9. The molecule has 0 spiro atoms. The van der Waals surface area contributed by atoms with Crippen molar-refractivity contribution < 1.29 is 9.21 Å². The van der Waals surface area contributed by atoms with E-state index in [-0.39, 0.29) is 6.03 Å². The van der Waals surface area contributed by atoms with Gasteiger partial charge in [-0.3, -0.25) is 4.90 Å². The summed E-state index contributed by atoms with van der Waals surface area (Å²) in [6, 6.07) is 24.2. The molecule has 4 aromatic rings. The highest BCUT2D eigenvalue weighted by Gasteiger charge is 2.22. The van der Waals surface area contributed by atoms with Crippen molar-refractivity contribution in [2.24, 2.45) is 0 Å². The summed E-state index contributed by atoms with van der Waals surface area (Å²) < 4.78 is 5.98. The van der Waals surface area contributed by atoms with Crippen molar-refractivity contribution in [3.05, 3.63) is 84.3 Å². The second-order valence-corrected chi connectivity index (χ2v) is 8.22. The molecule has 1 fully saturated rings. The predicted octanol–water partition coefficient (Wildman–Crippen LogP) is 5.15. The number of benzene rings is 3. The number of nitrogens with one attached hydrogen (secondary N) is 1. The fourth-order valence-electron chi connectivity index (χ4n) is 4.08. The van der Waals surface area contributed by atoms with Crippen LogP contribution in [0.5, 0.6) is 0 Å². The number of hydrogen-bond acceptors (Lipinski definition) is 4. The maximum absolute atomic E-state index is 12.6. The van der Waals surface area contributed by atoms with Gasteiger partial charge >= 0.3 is 6.03 Å². The van der Waals surface area contributed by atoms with E-state index in [9.17, 15) is 4.79 Å². The van der Waals surface area contributed by atoms with Gasteiger partial charge in [-0.25, -0.2) is 9.78 Å². The molecule has 1 aromatic heterocycles. The van der Waals surface area contributed by atoms with E-state index < -0.39 is 0 Å². The van der Waals surface area contributed by atoms with Crippen molar-refractivity contribution in [3.63, 3.8) is 0 Å². The number of rotatable bonds is 4. The van der Waals surface area contributed by atoms with Gasteiger partial charge in [-0.2, -0.15) is 0 Å². The van der Waals surface area contributed by atoms with Crippen LogP contribution in [0, 0.1) is 6.92 Å². The first-order valence-electron chi connectivity index (χ1n) is 10.9. The van der Waals surface area contributed by atoms with Crippen LogP contribution in [-0.2, 0) is 6.54 Å². The maximum atomic E-state index is 12.6. The van der Waals surface area contributed by atoms with E-state index in [4.69, 9.17) is 9.40 Å². The number of aromatic nitrogens is 1. The highest BCUT2D eigenvalue weighted by molar-refractivity contribution is 5.89. The maximum Gasteiger partial charge on any atom is 0.321 e. The van der Waals surface area contributed by atoms with Crippen LogP contribution in [0.3, 0.4) is 0 Å². The fourth-order valence-corrected chi connectivity index (χ4v) is 4.08. The Balaban J connectivity index is 1.19. The Kier molecular flexibility index (Phi) is 5.60. The Morgan fingerprint density at radius 1 is 0.938 bits per heavy atom. The number of anilines is 1. The van der Waals surface area contributed by atoms with Gasteiger partial charge in [0.25, 0.3) is 0 Å². The van der Waals surface area contributed by atoms with Gasteiger partial charge < -0.3 is 14.6 Å². The molecule has 162 valence electrons. The molecule has 1 aliphatic rings. The van der Waals surface area contributed by atoms with E-state index in [0.717, 1.165) is 41.0 Å². The molecule has 0 saturated carbocycles. The van der Waals surface area contributed by atoms with Gasteiger partial charge in [0.05, 0.1) is 6.54 Å². The molecular weight excluding hydrogens is 400 g/mol. The number of nitrogens with zero attached hydrogens (tertiary/aromatic N) is 3. The Labute approximate surface area is 187 Å². The number of carbonyl (C=O) groups excluding carboxylic acids is 1. The third-order valence-corrected chi connectivity index (χ3v) is 5.83. The Hall–Kier alpha value is -3.64. The molecule has 6 heteroatoms. The van der Waals surface area contributed by atoms with Crippen LogP contribution in [0.25, 0.3) is 22.2 Å². The minimum atomic E-state index is -0.0504. The van der Waals surface area contributed by atoms with Crippen molar-refractivity contribution >= 4 is 22.8 Å². The topological polar surface area (TPSA) is 61.6 Å². The van der Waals surface area contributed by atoms with E-state index >= 15 is 0 Å². The van der Waals surface area contributed by atoms with Crippen molar-refractivity contribution in [2.75, 3.05) is 31.5 Å². The van der Waals surface area contributed by atoms with Crippen molar-refractivity contribution in [1.82, 2.24) is 14.8 Å². The molecule has 2 amide bonds. The van der Waals surface area contributed by atoms with Crippen LogP contribution in [-0.4, -0.2) is 47.0 Å². The van der Waals surface area contributed by atoms with Gasteiger partial charge in [0.15, 0.2) is 5.58 Å². The molecular formula is C26H26N4O2. The first-order chi connectivity index (χ1) is 15.6. The largest absolute Gasteiger partial charge is 0.439 e. The first kappa shape index (κ1) is 20.3. The monoisotopic (exact) mass is 426 g/mol. The predicted molar refractivity (Wildman–Crippen MR) is 126 cm³/mol. The average Bonchev–Trinajstić information content (AvgIpc) is 3.21. The smallest absolute Gasteiger partial charge is 0.321 e. The van der Waals surface area contributed by atoms with Gasteiger partial charge in [-0.1, -0.05) is 48.5 Å². The van der Waals surface area contributed by atoms with E-state index in [1.54, 1.807) is 0 Å². The molecule has 0 radical (unpaired) electrons. The fraction of sp³-hybridized carbons (Fsp3) is 0.231. The Morgan fingerprint density at radius 2 is 1.75 bits per heavy atom. The lowest BCUT2D eigenvalue weighted by Crippen LogP contribution is -2.49. The number of aryl methyl sites for hydroxylation is 1. The second kappa shape index (κ2) is 8.85. The summed E-state index contributed by atoms with van der Waals surface area (Å²) in [4.78, 5) is 21.4. The quantitative estimate of drug-likeness (QED) is 0.490. The highest BCUT2D eigenvalue weighted by atomic mass is 16.3. The summed E-state index contributed by atoms with van der Waals surface area (Å²) >= 11 is 0. The van der Waals surface area contributed by atoms with E-state index in [2.05, 4.69) is 34.5 Å². The Bertz CT molecular complexity index is 1230. The molecule has 1 N–H and O–H groups in total. The number of fused-ring (bicyclic) bond motifs is 1. The lowest BCUT2D eigenvalue weighted by Gasteiger charge is -2.34. The number of amides is 2. The van der Waals surface area contributed by atoms with E-state index in [1.165, 1.54) is 5.56 Å². The minimum absolute atomic E-state index is 0.0504. The third kappa shape index (κ3) is 4.50. The van der Waals surface area contributed by atoms with Crippen molar-refractivity contribution in [3.8, 4) is 11.1 Å². The average molecular weight is 427 g/mol. The standard InChI is InChI=1S/C26H26N4O2/c1-19-6-5-9-22(16-19)27-26(31)30-14-12-29(13-15-30)18-25-28-23-17-21(10-11-24(23)32-25)20-7-3-2-4-8-20/h2-11,16-17H,12-15,18H2,1H3,(H,27,31). The molecule has 1 saturated heterocycles. The van der Waals surface area contributed by atoms with Gasteiger partial charge in [-0.15, -0.1) is 0 Å². The Morgan fingerprint density at radius 3 is 2.53 bits per heavy atom. The van der Waals surface area contributed by atoms with Crippen LogP contribution in [0.1, 0.15) is 11.5 Å². The van der Waals surface area contributed by atoms with Gasteiger partial charge in [0, 0.05) is 31.9 Å². The van der Waals surface area contributed by atoms with Crippen LogP contribution < -0.4 is 5.32 Å². The molecule has 32 heavy (non-hydrogen) atoms. The molecule has 3 aromatic carbocycles. The zero-order chi connectivity index (χ0) is 21.9. The van der Waals surface area contributed by atoms with Crippen molar-refractivity contribution in [1.29, 1.82) is 0 Å². The van der Waals surface area contributed by atoms with E-state index in [1.807, 2.05) is 60.4 Å². The van der Waals surface area contributed by atoms with Crippen LogP contribution in [0.4, 0.5) is 10.5 Å². The van der Waals surface area contributed by atoms with Crippen molar-refractivity contribution in [2.45, 2.75) is 13.5 Å². The summed E-state index contributed by atoms with van der Waals surface area (Å²) in [6.07, 6.45) is 0. The number of carbonyl (C=O) groups is 1. The van der Waals surface area contributed by atoms with Crippen LogP contribution in [0.15, 0.2) is 77.2 Å². The third-order valence-electron chi connectivity index (χ3n) is 5.83. The summed E-state index contributed by atoms with van der Waals surface area (Å²) in [5.74, 6) is 0.711. The number of oxazole rings is 1. The summed E-state index contributed by atoms with van der Waals surface area (Å²) in [5.41, 5.74) is 5.93. The lowest BCUT2D eigenvalue weighted by molar-refractivity contribution is 0.136. The minimum Gasteiger partial charge on any atom is -0.439 e. The molecule has 5 rings (SSSR count).